The minimum Gasteiger partial charge on any atom is -0.329 e. The number of urea groups is 1. The molecule has 2 amide bonds. The quantitative estimate of drug-likeness (QED) is 0.607. The van der Waals surface area contributed by atoms with Crippen molar-refractivity contribution in [3.8, 4) is 0 Å². The minimum absolute atomic E-state index is 0.00000898. The number of quaternary nitrogens is 2. The Morgan fingerprint density at radius 3 is 2.41 bits per heavy atom. The predicted molar refractivity (Wildman–Crippen MR) is 110 cm³/mol. The van der Waals surface area contributed by atoms with Crippen molar-refractivity contribution in [1.82, 2.24) is 5.32 Å². The number of rotatable bonds is 5. The number of carbonyl (C=O) groups excluding carboxylic acids is 1. The highest BCUT2D eigenvalue weighted by molar-refractivity contribution is 6.30. The van der Waals surface area contributed by atoms with E-state index in [-0.39, 0.29) is 18.1 Å². The Morgan fingerprint density at radius 1 is 1.04 bits per heavy atom. The van der Waals surface area contributed by atoms with E-state index < -0.39 is 0 Å². The molecule has 0 aliphatic carbocycles. The lowest BCUT2D eigenvalue weighted by atomic mass is 9.98. The third-order valence-electron chi connectivity index (χ3n) is 5.29. The molecule has 27 heavy (non-hydrogen) atoms. The number of hydrogen-bond acceptors (Lipinski definition) is 1. The molecule has 4 N–H and O–H groups in total. The van der Waals surface area contributed by atoms with Gasteiger partial charge in [-0.2, -0.15) is 0 Å². The van der Waals surface area contributed by atoms with E-state index in [9.17, 15) is 4.79 Å². The molecule has 2 aromatic rings. The number of hydrogen-bond donors (Lipinski definition) is 4. The molecule has 0 aromatic heterocycles. The molecule has 6 heteroatoms. The van der Waals surface area contributed by atoms with E-state index in [1.807, 2.05) is 18.2 Å². The number of halogens is 1. The van der Waals surface area contributed by atoms with Gasteiger partial charge in [-0.15, -0.1) is 0 Å². The van der Waals surface area contributed by atoms with Gasteiger partial charge >= 0.3 is 6.03 Å². The molecule has 5 nitrogen and oxygen atoms in total. The van der Waals surface area contributed by atoms with Crippen LogP contribution < -0.4 is 20.4 Å². The standard InChI is InChI=1S/C21H27ClN4O/c1-16(23-21(27)24-19-10-6-9-18(22)15-19)20(17-7-4-3-5-8-17)26-13-11-25(2)12-14-26/h3-10,15-16,20H,11-14H2,1-2H3,(H2,23,24,27)/p+2/t16-,20+/m0/s1. The average molecular weight is 389 g/mol. The minimum atomic E-state index is -0.204. The number of piperazine rings is 1. The van der Waals surface area contributed by atoms with Crippen LogP contribution in [0.3, 0.4) is 0 Å². The van der Waals surface area contributed by atoms with Crippen molar-refractivity contribution in [2.24, 2.45) is 0 Å². The van der Waals surface area contributed by atoms with Gasteiger partial charge in [0.05, 0.1) is 13.1 Å². The first-order valence-corrected chi connectivity index (χ1v) is 9.94. The summed E-state index contributed by atoms with van der Waals surface area (Å²) in [5.74, 6) is 0. The molecule has 3 rings (SSSR count). The number of amides is 2. The Balaban J connectivity index is 1.70. The number of benzene rings is 2. The van der Waals surface area contributed by atoms with Crippen LogP contribution in [0.15, 0.2) is 54.6 Å². The van der Waals surface area contributed by atoms with Gasteiger partial charge < -0.3 is 20.4 Å². The molecule has 1 heterocycles. The van der Waals surface area contributed by atoms with Crippen LogP contribution in [0, 0.1) is 0 Å². The van der Waals surface area contributed by atoms with Crippen molar-refractivity contribution in [3.63, 3.8) is 0 Å². The van der Waals surface area contributed by atoms with Gasteiger partial charge in [-0.05, 0) is 25.1 Å². The lowest BCUT2D eigenvalue weighted by Gasteiger charge is -2.36. The largest absolute Gasteiger partial charge is 0.329 e. The van der Waals surface area contributed by atoms with E-state index in [0.717, 1.165) is 26.2 Å². The molecule has 1 aliphatic heterocycles. The summed E-state index contributed by atoms with van der Waals surface area (Å²) in [5.41, 5.74) is 1.96. The van der Waals surface area contributed by atoms with Crippen LogP contribution in [0.25, 0.3) is 0 Å². The second-order valence-corrected chi connectivity index (χ2v) is 7.84. The Hall–Kier alpha value is -2.08. The molecule has 2 atom stereocenters. The van der Waals surface area contributed by atoms with E-state index in [4.69, 9.17) is 11.6 Å². The van der Waals surface area contributed by atoms with Crippen LogP contribution in [0.2, 0.25) is 5.02 Å². The molecule has 0 radical (unpaired) electrons. The molecule has 0 spiro atoms. The zero-order valence-electron chi connectivity index (χ0n) is 16.0. The van der Waals surface area contributed by atoms with Crippen molar-refractivity contribution < 1.29 is 14.6 Å². The average Bonchev–Trinajstić information content (AvgIpc) is 2.64. The van der Waals surface area contributed by atoms with Gasteiger partial charge in [-0.1, -0.05) is 48.0 Å². The van der Waals surface area contributed by atoms with Crippen molar-refractivity contribution in [2.75, 3.05) is 38.5 Å². The van der Waals surface area contributed by atoms with E-state index in [2.05, 4.69) is 48.9 Å². The van der Waals surface area contributed by atoms with Gasteiger partial charge in [0.2, 0.25) is 0 Å². The normalized spacial score (nSPS) is 21.9. The van der Waals surface area contributed by atoms with Gasteiger partial charge in [0.1, 0.15) is 32.2 Å². The third kappa shape index (κ3) is 5.45. The SMILES string of the molecule is C[C@H](NC(=O)Nc1cccc(Cl)c1)[C@H](c1ccccc1)[NH+]1CC[NH+](C)CC1. The van der Waals surface area contributed by atoms with Gasteiger partial charge in [-0.3, -0.25) is 0 Å². The second kappa shape index (κ2) is 9.22. The topological polar surface area (TPSA) is 50.0 Å². The summed E-state index contributed by atoms with van der Waals surface area (Å²) < 4.78 is 0. The highest BCUT2D eigenvalue weighted by Gasteiger charge is 2.34. The summed E-state index contributed by atoms with van der Waals surface area (Å²) in [5, 5.41) is 6.62. The first-order valence-electron chi connectivity index (χ1n) is 9.57. The van der Waals surface area contributed by atoms with Gasteiger partial charge in [0.15, 0.2) is 0 Å². The highest BCUT2D eigenvalue weighted by Crippen LogP contribution is 2.16. The van der Waals surface area contributed by atoms with Crippen LogP contribution in [-0.2, 0) is 0 Å². The monoisotopic (exact) mass is 388 g/mol. The van der Waals surface area contributed by atoms with Gasteiger partial charge in [0.25, 0.3) is 0 Å². The maximum Gasteiger partial charge on any atom is 0.319 e. The fourth-order valence-corrected chi connectivity index (χ4v) is 4.06. The van der Waals surface area contributed by atoms with Crippen molar-refractivity contribution in [3.05, 3.63) is 65.2 Å². The fraction of sp³-hybridized carbons (Fsp3) is 0.381. The number of nitrogens with one attached hydrogen (secondary N) is 4. The summed E-state index contributed by atoms with van der Waals surface area (Å²) >= 11 is 6.00. The number of likely N-dealkylation sites (N-methyl/N-ethyl adjacent to an activating group) is 1. The summed E-state index contributed by atoms with van der Waals surface area (Å²) in [6.07, 6.45) is 0. The Morgan fingerprint density at radius 2 is 1.74 bits per heavy atom. The maximum absolute atomic E-state index is 12.5. The molecule has 0 bridgehead atoms. The van der Waals surface area contributed by atoms with Crippen LogP contribution in [-0.4, -0.2) is 45.3 Å². The Bertz CT molecular complexity index is 747. The summed E-state index contributed by atoms with van der Waals surface area (Å²) in [7, 11) is 2.24. The highest BCUT2D eigenvalue weighted by atomic mass is 35.5. The molecule has 2 aromatic carbocycles. The lowest BCUT2D eigenvalue weighted by molar-refractivity contribution is -1.02. The lowest BCUT2D eigenvalue weighted by Crippen LogP contribution is -3.27. The predicted octanol–water partition coefficient (Wildman–Crippen LogP) is 1.00. The van der Waals surface area contributed by atoms with E-state index in [1.165, 1.54) is 10.5 Å². The second-order valence-electron chi connectivity index (χ2n) is 7.40. The van der Waals surface area contributed by atoms with Crippen molar-refractivity contribution in [2.45, 2.75) is 19.0 Å². The third-order valence-corrected chi connectivity index (χ3v) is 5.52. The number of anilines is 1. The van der Waals surface area contributed by atoms with Crippen molar-refractivity contribution >= 4 is 23.3 Å². The molecule has 0 unspecified atom stereocenters. The summed E-state index contributed by atoms with van der Waals surface area (Å²) in [6, 6.07) is 17.7. The van der Waals surface area contributed by atoms with Crippen LogP contribution in [0.4, 0.5) is 10.5 Å². The van der Waals surface area contributed by atoms with E-state index in [1.54, 1.807) is 17.0 Å². The zero-order chi connectivity index (χ0) is 19.2. The molecule has 1 saturated heterocycles. The Labute approximate surface area is 166 Å². The maximum atomic E-state index is 12.5. The smallest absolute Gasteiger partial charge is 0.319 e. The number of carbonyl (C=O) groups is 1. The molecule has 144 valence electrons. The van der Waals surface area contributed by atoms with Crippen molar-refractivity contribution in [1.29, 1.82) is 0 Å². The van der Waals surface area contributed by atoms with Crippen LogP contribution in [0.5, 0.6) is 0 Å². The molecular formula is C21H29ClN4O+2. The van der Waals surface area contributed by atoms with E-state index >= 15 is 0 Å². The van der Waals surface area contributed by atoms with Crippen LogP contribution in [0.1, 0.15) is 18.5 Å². The van der Waals surface area contributed by atoms with E-state index in [0.29, 0.717) is 10.7 Å². The molecule has 1 aliphatic rings. The fourth-order valence-electron chi connectivity index (χ4n) is 3.87. The molecule has 0 saturated carbocycles. The summed E-state index contributed by atoms with van der Waals surface area (Å²) in [6.45, 7) is 6.61. The zero-order valence-corrected chi connectivity index (χ0v) is 16.7. The summed E-state index contributed by atoms with van der Waals surface area (Å²) in [4.78, 5) is 15.6. The van der Waals surface area contributed by atoms with Gasteiger partial charge in [0, 0.05) is 16.3 Å². The molecule has 1 fully saturated rings. The van der Waals surface area contributed by atoms with Gasteiger partial charge in [-0.25, -0.2) is 4.79 Å². The van der Waals surface area contributed by atoms with Crippen LogP contribution >= 0.6 is 11.6 Å². The first-order chi connectivity index (χ1) is 13.0. The molecular weight excluding hydrogens is 360 g/mol. The Kier molecular flexibility index (Phi) is 6.72. The first kappa shape index (κ1) is 19.7.